The standard InChI is InChI=1S/C17H23N3O/c21-17(19-15-7-10-20-9-2-5-16(15)20)14-4-1-3-12-11-18-8-6-13(12)14/h1,3-4,15-16,18H,2,5-11H2,(H,19,21). The predicted octanol–water partition coefficient (Wildman–Crippen LogP) is 1.30. The summed E-state index contributed by atoms with van der Waals surface area (Å²) in [5.74, 6) is 0.132. The first-order valence-corrected chi connectivity index (χ1v) is 8.19. The van der Waals surface area contributed by atoms with Gasteiger partial charge in [0.1, 0.15) is 0 Å². The van der Waals surface area contributed by atoms with Crippen molar-refractivity contribution in [1.29, 1.82) is 0 Å². The number of hydrogen-bond donors (Lipinski definition) is 2. The van der Waals surface area contributed by atoms with Crippen molar-refractivity contribution in [1.82, 2.24) is 15.5 Å². The quantitative estimate of drug-likeness (QED) is 0.861. The van der Waals surface area contributed by atoms with Crippen LogP contribution in [0.3, 0.4) is 0 Å². The zero-order valence-corrected chi connectivity index (χ0v) is 12.4. The Labute approximate surface area is 125 Å². The smallest absolute Gasteiger partial charge is 0.251 e. The van der Waals surface area contributed by atoms with Crippen LogP contribution in [0.5, 0.6) is 0 Å². The lowest BCUT2D eigenvalue weighted by molar-refractivity contribution is 0.0928. The predicted molar refractivity (Wildman–Crippen MR) is 82.3 cm³/mol. The molecule has 0 bridgehead atoms. The second-order valence-electron chi connectivity index (χ2n) is 6.48. The maximum Gasteiger partial charge on any atom is 0.251 e. The molecule has 2 atom stereocenters. The SMILES string of the molecule is O=C(NC1CCN2CCCC12)c1cccc2c1CCNC2. The van der Waals surface area contributed by atoms with Crippen LogP contribution in [-0.2, 0) is 13.0 Å². The van der Waals surface area contributed by atoms with Crippen LogP contribution in [0.4, 0.5) is 0 Å². The number of carbonyl (C=O) groups is 1. The number of hydrogen-bond acceptors (Lipinski definition) is 3. The fourth-order valence-corrected chi connectivity index (χ4v) is 4.24. The third-order valence-electron chi connectivity index (χ3n) is 5.31. The molecule has 0 radical (unpaired) electrons. The van der Waals surface area contributed by atoms with Crippen LogP contribution in [0.1, 0.15) is 40.7 Å². The third-order valence-corrected chi connectivity index (χ3v) is 5.31. The van der Waals surface area contributed by atoms with E-state index in [1.54, 1.807) is 0 Å². The Hall–Kier alpha value is -1.39. The van der Waals surface area contributed by atoms with Crippen molar-refractivity contribution in [3.63, 3.8) is 0 Å². The van der Waals surface area contributed by atoms with Crippen LogP contribution in [0, 0.1) is 0 Å². The van der Waals surface area contributed by atoms with Crippen molar-refractivity contribution in [2.24, 2.45) is 0 Å². The minimum Gasteiger partial charge on any atom is -0.348 e. The number of nitrogens with zero attached hydrogens (tertiary/aromatic N) is 1. The van der Waals surface area contributed by atoms with E-state index < -0.39 is 0 Å². The van der Waals surface area contributed by atoms with Gasteiger partial charge in [-0.2, -0.15) is 0 Å². The second-order valence-corrected chi connectivity index (χ2v) is 6.48. The van der Waals surface area contributed by atoms with Crippen molar-refractivity contribution >= 4 is 5.91 Å². The topological polar surface area (TPSA) is 44.4 Å². The molecule has 1 aromatic carbocycles. The zero-order chi connectivity index (χ0) is 14.2. The number of carbonyl (C=O) groups excluding carboxylic acids is 1. The van der Waals surface area contributed by atoms with Gasteiger partial charge < -0.3 is 10.6 Å². The Morgan fingerprint density at radius 1 is 1.29 bits per heavy atom. The lowest BCUT2D eigenvalue weighted by Crippen LogP contribution is -2.43. The zero-order valence-electron chi connectivity index (χ0n) is 12.4. The van der Waals surface area contributed by atoms with E-state index in [4.69, 9.17) is 0 Å². The van der Waals surface area contributed by atoms with Gasteiger partial charge in [-0.05, 0) is 56.0 Å². The molecule has 4 heteroatoms. The molecule has 0 spiro atoms. The Balaban J connectivity index is 1.53. The Morgan fingerprint density at radius 3 is 3.19 bits per heavy atom. The Bertz CT molecular complexity index is 557. The Morgan fingerprint density at radius 2 is 2.24 bits per heavy atom. The molecule has 3 heterocycles. The summed E-state index contributed by atoms with van der Waals surface area (Å²) in [6.07, 6.45) is 4.58. The number of amides is 1. The molecule has 2 fully saturated rings. The molecule has 0 aliphatic carbocycles. The largest absolute Gasteiger partial charge is 0.348 e. The summed E-state index contributed by atoms with van der Waals surface area (Å²) in [4.78, 5) is 15.2. The first-order chi connectivity index (χ1) is 10.3. The summed E-state index contributed by atoms with van der Waals surface area (Å²) in [6.45, 7) is 4.21. The van der Waals surface area contributed by atoms with Crippen molar-refractivity contribution in [2.45, 2.75) is 44.3 Å². The van der Waals surface area contributed by atoms with E-state index in [2.05, 4.69) is 21.6 Å². The second kappa shape index (κ2) is 5.43. The molecule has 3 aliphatic heterocycles. The number of fused-ring (bicyclic) bond motifs is 2. The highest BCUT2D eigenvalue weighted by Gasteiger charge is 2.38. The van der Waals surface area contributed by atoms with Crippen molar-refractivity contribution in [2.75, 3.05) is 19.6 Å². The van der Waals surface area contributed by atoms with Gasteiger partial charge in [0.15, 0.2) is 0 Å². The third kappa shape index (κ3) is 2.36. The highest BCUT2D eigenvalue weighted by molar-refractivity contribution is 5.96. The fraction of sp³-hybridized carbons (Fsp3) is 0.588. The molecule has 4 nitrogen and oxygen atoms in total. The Kier molecular flexibility index (Phi) is 3.43. The van der Waals surface area contributed by atoms with Gasteiger partial charge in [0.25, 0.3) is 5.91 Å². The van der Waals surface area contributed by atoms with E-state index in [0.29, 0.717) is 12.1 Å². The molecule has 0 saturated carbocycles. The highest BCUT2D eigenvalue weighted by Crippen LogP contribution is 2.28. The van der Waals surface area contributed by atoms with Gasteiger partial charge in [-0.25, -0.2) is 0 Å². The molecule has 1 amide bonds. The summed E-state index contributed by atoms with van der Waals surface area (Å²) >= 11 is 0. The van der Waals surface area contributed by atoms with Gasteiger partial charge in [0, 0.05) is 30.7 Å². The molecule has 2 N–H and O–H groups in total. The van der Waals surface area contributed by atoms with Crippen LogP contribution in [0.15, 0.2) is 18.2 Å². The normalized spacial score (nSPS) is 28.2. The maximum atomic E-state index is 12.7. The summed E-state index contributed by atoms with van der Waals surface area (Å²) in [6, 6.07) is 7.05. The molecule has 112 valence electrons. The van der Waals surface area contributed by atoms with E-state index >= 15 is 0 Å². The van der Waals surface area contributed by atoms with Gasteiger partial charge in [-0.15, -0.1) is 0 Å². The van der Waals surface area contributed by atoms with Gasteiger partial charge in [-0.3, -0.25) is 9.69 Å². The molecule has 2 saturated heterocycles. The van der Waals surface area contributed by atoms with Crippen LogP contribution in [0.25, 0.3) is 0 Å². The lowest BCUT2D eigenvalue weighted by Gasteiger charge is -2.23. The summed E-state index contributed by atoms with van der Waals surface area (Å²) in [7, 11) is 0. The molecule has 21 heavy (non-hydrogen) atoms. The van der Waals surface area contributed by atoms with E-state index in [-0.39, 0.29) is 5.91 Å². The van der Waals surface area contributed by atoms with E-state index in [9.17, 15) is 4.79 Å². The van der Waals surface area contributed by atoms with Gasteiger partial charge in [0.2, 0.25) is 0 Å². The van der Waals surface area contributed by atoms with Crippen molar-refractivity contribution in [3.05, 3.63) is 34.9 Å². The first-order valence-electron chi connectivity index (χ1n) is 8.19. The van der Waals surface area contributed by atoms with Crippen LogP contribution >= 0.6 is 0 Å². The highest BCUT2D eigenvalue weighted by atomic mass is 16.1. The van der Waals surface area contributed by atoms with Gasteiger partial charge in [-0.1, -0.05) is 12.1 Å². The lowest BCUT2D eigenvalue weighted by atomic mass is 9.94. The molecule has 2 unspecified atom stereocenters. The number of benzene rings is 1. The minimum absolute atomic E-state index is 0.132. The summed E-state index contributed by atoms with van der Waals surface area (Å²) in [5, 5.41) is 6.69. The average Bonchev–Trinajstić information content (AvgIpc) is 3.12. The number of nitrogens with one attached hydrogen (secondary N) is 2. The molecular formula is C17H23N3O. The van der Waals surface area contributed by atoms with E-state index in [0.717, 1.165) is 38.0 Å². The van der Waals surface area contributed by atoms with E-state index in [1.165, 1.54) is 30.5 Å². The monoisotopic (exact) mass is 285 g/mol. The molecule has 1 aromatic rings. The molecule has 3 aliphatic rings. The number of rotatable bonds is 2. The minimum atomic E-state index is 0.132. The van der Waals surface area contributed by atoms with Crippen molar-refractivity contribution in [3.8, 4) is 0 Å². The molecule has 0 aromatic heterocycles. The van der Waals surface area contributed by atoms with Crippen molar-refractivity contribution < 1.29 is 4.79 Å². The van der Waals surface area contributed by atoms with Crippen LogP contribution in [-0.4, -0.2) is 42.5 Å². The summed E-state index contributed by atoms with van der Waals surface area (Å²) < 4.78 is 0. The van der Waals surface area contributed by atoms with Gasteiger partial charge in [0.05, 0.1) is 0 Å². The van der Waals surface area contributed by atoms with Gasteiger partial charge >= 0.3 is 0 Å². The van der Waals surface area contributed by atoms with E-state index in [1.807, 2.05) is 12.1 Å². The van der Waals surface area contributed by atoms with Crippen LogP contribution in [0.2, 0.25) is 0 Å². The van der Waals surface area contributed by atoms with Crippen LogP contribution < -0.4 is 10.6 Å². The average molecular weight is 285 g/mol. The molecule has 4 rings (SSSR count). The summed E-state index contributed by atoms with van der Waals surface area (Å²) in [5.41, 5.74) is 3.42. The first kappa shape index (κ1) is 13.3. The fourth-order valence-electron chi connectivity index (χ4n) is 4.24. The molecular weight excluding hydrogens is 262 g/mol. The maximum absolute atomic E-state index is 12.7.